The van der Waals surface area contributed by atoms with Crippen LogP contribution in [0.5, 0.6) is 0 Å². The number of benzene rings is 1. The molecule has 2 rings (SSSR count). The lowest BCUT2D eigenvalue weighted by atomic mass is 9.83. The molecule has 1 aliphatic rings. The van der Waals surface area contributed by atoms with E-state index in [-0.39, 0.29) is 6.61 Å². The molecule has 6 nitrogen and oxygen atoms in total. The van der Waals surface area contributed by atoms with E-state index in [1.54, 1.807) is 0 Å². The van der Waals surface area contributed by atoms with Crippen LogP contribution in [0, 0.1) is 11.8 Å². The van der Waals surface area contributed by atoms with E-state index in [0.29, 0.717) is 25.0 Å². The van der Waals surface area contributed by atoms with Crippen LogP contribution in [0.25, 0.3) is 0 Å². The van der Waals surface area contributed by atoms with Crippen LogP contribution in [0.4, 0.5) is 10.5 Å². The topological polar surface area (TPSA) is 84.9 Å². The van der Waals surface area contributed by atoms with E-state index in [4.69, 9.17) is 14.6 Å². The van der Waals surface area contributed by atoms with Gasteiger partial charge >= 0.3 is 12.1 Å². The highest BCUT2D eigenvalue weighted by atomic mass is 16.5. The number of amides is 1. The highest BCUT2D eigenvalue weighted by Gasteiger charge is 2.22. The van der Waals surface area contributed by atoms with Crippen molar-refractivity contribution >= 4 is 17.7 Å². The van der Waals surface area contributed by atoms with E-state index in [9.17, 15) is 9.59 Å². The molecule has 0 saturated heterocycles. The van der Waals surface area contributed by atoms with E-state index in [1.165, 1.54) is 0 Å². The van der Waals surface area contributed by atoms with Crippen molar-refractivity contribution in [3.05, 3.63) is 30.3 Å². The number of rotatable bonds is 7. The molecule has 1 aromatic rings. The van der Waals surface area contributed by atoms with Gasteiger partial charge in [-0.2, -0.15) is 0 Å². The summed E-state index contributed by atoms with van der Waals surface area (Å²) in [7, 11) is 0. The Bertz CT molecular complexity index is 497. The fourth-order valence-corrected chi connectivity index (χ4v) is 2.75. The van der Waals surface area contributed by atoms with Crippen molar-refractivity contribution in [1.82, 2.24) is 0 Å². The number of carbonyl (C=O) groups excluding carboxylic acids is 1. The molecule has 0 aliphatic heterocycles. The van der Waals surface area contributed by atoms with Gasteiger partial charge in [0.25, 0.3) is 0 Å². The molecule has 1 aliphatic carbocycles. The minimum absolute atomic E-state index is 0.233. The zero-order valence-electron chi connectivity index (χ0n) is 13.1. The maximum Gasteiger partial charge on any atom is 0.411 e. The monoisotopic (exact) mass is 321 g/mol. The summed E-state index contributed by atoms with van der Waals surface area (Å²) in [5.41, 5.74) is 0.719. The summed E-state index contributed by atoms with van der Waals surface area (Å²) in [5, 5.41) is 11.2. The number of aliphatic carboxylic acids is 1. The highest BCUT2D eigenvalue weighted by molar-refractivity contribution is 5.84. The molecule has 1 amide bonds. The van der Waals surface area contributed by atoms with Gasteiger partial charge in [-0.05, 0) is 49.7 Å². The quantitative estimate of drug-likeness (QED) is 0.806. The van der Waals surface area contributed by atoms with Crippen LogP contribution in [0.15, 0.2) is 30.3 Å². The zero-order chi connectivity index (χ0) is 16.5. The summed E-state index contributed by atoms with van der Waals surface area (Å²) in [6.45, 7) is 0.679. The lowest BCUT2D eigenvalue weighted by Crippen LogP contribution is -2.25. The summed E-state index contributed by atoms with van der Waals surface area (Å²) >= 11 is 0. The molecule has 0 aromatic heterocycles. The molecule has 0 atom stereocenters. The molecular weight excluding hydrogens is 298 g/mol. The Hall–Kier alpha value is -2.08. The molecule has 1 fully saturated rings. The number of nitrogens with one attached hydrogen (secondary N) is 1. The second-order valence-electron chi connectivity index (χ2n) is 5.89. The van der Waals surface area contributed by atoms with Crippen molar-refractivity contribution in [3.63, 3.8) is 0 Å². The first-order valence-electron chi connectivity index (χ1n) is 7.92. The smallest absolute Gasteiger partial charge is 0.411 e. The lowest BCUT2D eigenvalue weighted by molar-refractivity contribution is -0.142. The summed E-state index contributed by atoms with van der Waals surface area (Å²) < 4.78 is 10.4. The van der Waals surface area contributed by atoms with Gasteiger partial charge in [0, 0.05) is 5.69 Å². The van der Waals surface area contributed by atoms with Crippen molar-refractivity contribution in [3.8, 4) is 0 Å². The van der Waals surface area contributed by atoms with Gasteiger partial charge in [0.05, 0.1) is 13.2 Å². The second-order valence-corrected chi connectivity index (χ2v) is 5.89. The van der Waals surface area contributed by atoms with Crippen molar-refractivity contribution in [2.24, 2.45) is 11.8 Å². The predicted octanol–water partition coefficient (Wildman–Crippen LogP) is 3.14. The lowest BCUT2D eigenvalue weighted by Gasteiger charge is -2.27. The Balaban J connectivity index is 1.59. The molecule has 2 N–H and O–H groups in total. The molecule has 1 aromatic carbocycles. The van der Waals surface area contributed by atoms with Gasteiger partial charge in [-0.3, -0.25) is 5.32 Å². The van der Waals surface area contributed by atoms with Gasteiger partial charge in [-0.15, -0.1) is 0 Å². The minimum Gasteiger partial charge on any atom is -0.480 e. The van der Waals surface area contributed by atoms with Crippen LogP contribution in [-0.2, 0) is 14.3 Å². The largest absolute Gasteiger partial charge is 0.480 e. The fraction of sp³-hybridized carbons (Fsp3) is 0.529. The second kappa shape index (κ2) is 9.15. The number of carboxylic acids is 1. The Morgan fingerprint density at radius 1 is 1.04 bits per heavy atom. The third-order valence-corrected chi connectivity index (χ3v) is 4.02. The molecule has 0 bridgehead atoms. The van der Waals surface area contributed by atoms with Gasteiger partial charge in [0.2, 0.25) is 0 Å². The number of hydrogen-bond donors (Lipinski definition) is 2. The number of anilines is 1. The van der Waals surface area contributed by atoms with Gasteiger partial charge in [-0.1, -0.05) is 18.2 Å². The van der Waals surface area contributed by atoms with Crippen molar-refractivity contribution < 1.29 is 24.2 Å². The third kappa shape index (κ3) is 6.69. The van der Waals surface area contributed by atoms with E-state index < -0.39 is 12.1 Å². The Morgan fingerprint density at radius 3 is 2.26 bits per heavy atom. The number of ether oxygens (including phenoxy) is 2. The summed E-state index contributed by atoms with van der Waals surface area (Å²) in [6.07, 6.45) is 3.48. The third-order valence-electron chi connectivity index (χ3n) is 4.02. The number of para-hydroxylation sites is 1. The van der Waals surface area contributed by atoms with Crippen LogP contribution in [0.2, 0.25) is 0 Å². The average molecular weight is 321 g/mol. The standard InChI is InChI=1S/C17H23NO5/c19-16(20)12-22-10-13-6-8-14(9-7-13)11-23-17(21)18-15-4-2-1-3-5-15/h1-5,13-14H,6-12H2,(H,18,21)(H,19,20)/t13-,14-. The van der Waals surface area contributed by atoms with Crippen LogP contribution in [0.1, 0.15) is 25.7 Å². The average Bonchev–Trinajstić information content (AvgIpc) is 2.55. The van der Waals surface area contributed by atoms with Crippen LogP contribution in [-0.4, -0.2) is 37.0 Å². The van der Waals surface area contributed by atoms with Crippen LogP contribution < -0.4 is 5.32 Å². The van der Waals surface area contributed by atoms with Gasteiger partial charge in [0.1, 0.15) is 6.61 Å². The van der Waals surface area contributed by atoms with E-state index >= 15 is 0 Å². The molecule has 1 saturated carbocycles. The molecule has 6 heteroatoms. The maximum absolute atomic E-state index is 11.7. The first-order valence-corrected chi connectivity index (χ1v) is 7.92. The Kier molecular flexibility index (Phi) is 6.87. The number of carbonyl (C=O) groups is 2. The molecule has 0 heterocycles. The Morgan fingerprint density at radius 2 is 1.65 bits per heavy atom. The minimum atomic E-state index is -0.934. The predicted molar refractivity (Wildman–Crippen MR) is 85.3 cm³/mol. The van der Waals surface area contributed by atoms with Crippen molar-refractivity contribution in [2.45, 2.75) is 25.7 Å². The SMILES string of the molecule is O=C(O)COC[C@H]1CC[C@H](COC(=O)Nc2ccccc2)CC1. The first kappa shape index (κ1) is 17.3. The highest BCUT2D eigenvalue weighted by Crippen LogP contribution is 2.29. The van der Waals surface area contributed by atoms with E-state index in [0.717, 1.165) is 31.4 Å². The maximum atomic E-state index is 11.7. The van der Waals surface area contributed by atoms with E-state index in [1.807, 2.05) is 30.3 Å². The summed E-state index contributed by atoms with van der Waals surface area (Å²) in [5.74, 6) is -0.160. The molecule has 0 spiro atoms. The van der Waals surface area contributed by atoms with E-state index in [2.05, 4.69) is 5.32 Å². The van der Waals surface area contributed by atoms with Crippen molar-refractivity contribution in [2.75, 3.05) is 25.1 Å². The van der Waals surface area contributed by atoms with Gasteiger partial charge in [0.15, 0.2) is 0 Å². The normalized spacial score (nSPS) is 20.7. The Labute approximate surface area is 135 Å². The zero-order valence-corrected chi connectivity index (χ0v) is 13.1. The molecular formula is C17H23NO5. The van der Waals surface area contributed by atoms with Crippen molar-refractivity contribution in [1.29, 1.82) is 0 Å². The summed E-state index contributed by atoms with van der Waals surface area (Å²) in [6, 6.07) is 9.20. The molecule has 126 valence electrons. The molecule has 0 radical (unpaired) electrons. The fourth-order valence-electron chi connectivity index (χ4n) is 2.75. The molecule has 23 heavy (non-hydrogen) atoms. The van der Waals surface area contributed by atoms with Gasteiger partial charge < -0.3 is 14.6 Å². The van der Waals surface area contributed by atoms with Gasteiger partial charge in [-0.25, -0.2) is 9.59 Å². The van der Waals surface area contributed by atoms with Crippen LogP contribution in [0.3, 0.4) is 0 Å². The summed E-state index contributed by atoms with van der Waals surface area (Å²) in [4.78, 5) is 22.1. The molecule has 0 unspecified atom stereocenters. The number of hydrogen-bond acceptors (Lipinski definition) is 4. The first-order chi connectivity index (χ1) is 11.1. The van der Waals surface area contributed by atoms with Crippen LogP contribution >= 0.6 is 0 Å². The number of carboxylic acid groups (broad SMARTS) is 1.